The number of carbonyl (C=O) groups excluding carboxylic acids is 2. The van der Waals surface area contributed by atoms with Crippen LogP contribution in [0, 0.1) is 0 Å². The quantitative estimate of drug-likeness (QED) is 0.837. The molecule has 6 nitrogen and oxygen atoms in total. The number of halogens is 1. The van der Waals surface area contributed by atoms with Crippen molar-refractivity contribution in [1.82, 2.24) is 9.80 Å². The summed E-state index contributed by atoms with van der Waals surface area (Å²) in [4.78, 5) is 27.6. The van der Waals surface area contributed by atoms with Gasteiger partial charge >= 0.3 is 0 Å². The van der Waals surface area contributed by atoms with Crippen LogP contribution in [-0.4, -0.2) is 64.1 Å². The lowest BCUT2D eigenvalue weighted by Crippen LogP contribution is -2.61. The molecule has 0 bridgehead atoms. The van der Waals surface area contributed by atoms with E-state index in [1.807, 2.05) is 0 Å². The van der Waals surface area contributed by atoms with Gasteiger partial charge in [0.1, 0.15) is 5.60 Å². The van der Waals surface area contributed by atoms with Crippen molar-refractivity contribution in [2.75, 3.05) is 26.2 Å². The molecule has 0 atom stereocenters. The smallest absolute Gasteiger partial charge is 0.223 e. The first-order chi connectivity index (χ1) is 11.9. The first-order valence-electron chi connectivity index (χ1n) is 8.59. The van der Waals surface area contributed by atoms with E-state index in [9.17, 15) is 19.8 Å². The van der Waals surface area contributed by atoms with Gasteiger partial charge in [0, 0.05) is 31.0 Å². The minimum Gasteiger partial charge on any atom is -0.393 e. The number of carbonyl (C=O) groups is 2. The maximum Gasteiger partial charge on any atom is 0.223 e. The lowest BCUT2D eigenvalue weighted by atomic mass is 9.86. The minimum absolute atomic E-state index is 0.0475. The number of hydrogen-bond donors (Lipinski definition) is 2. The van der Waals surface area contributed by atoms with Gasteiger partial charge < -0.3 is 20.0 Å². The summed E-state index contributed by atoms with van der Waals surface area (Å²) in [6.07, 6.45) is 1.19. The summed E-state index contributed by atoms with van der Waals surface area (Å²) in [7, 11) is 0. The molecule has 0 saturated carbocycles. The van der Waals surface area contributed by atoms with Crippen LogP contribution in [0.1, 0.15) is 31.2 Å². The molecule has 1 aromatic rings. The Morgan fingerprint density at radius 1 is 1.04 bits per heavy atom. The Labute approximate surface area is 152 Å². The molecule has 7 heteroatoms. The van der Waals surface area contributed by atoms with Gasteiger partial charge in [-0.15, -0.1) is 0 Å². The summed E-state index contributed by atoms with van der Waals surface area (Å²) in [6, 6.07) is 6.96. The van der Waals surface area contributed by atoms with Gasteiger partial charge in [-0.2, -0.15) is 0 Å². The number of piperidine rings is 1. The summed E-state index contributed by atoms with van der Waals surface area (Å²) in [5, 5.41) is 20.6. The standard InChI is InChI=1S/C18H23ClN2O4/c19-14-3-1-13(2-4-14)18(25)11-21(12-18)17(24)6-5-16(23)20-9-7-15(22)8-10-20/h1-4,15,22,25H,5-12H2. The summed E-state index contributed by atoms with van der Waals surface area (Å²) in [5.41, 5.74) is -0.295. The second-order valence-corrected chi connectivity index (χ2v) is 7.34. The number of likely N-dealkylation sites (tertiary alicyclic amines) is 2. The van der Waals surface area contributed by atoms with E-state index in [4.69, 9.17) is 11.6 Å². The molecule has 3 rings (SSSR count). The van der Waals surface area contributed by atoms with Crippen LogP contribution in [-0.2, 0) is 15.2 Å². The molecular weight excluding hydrogens is 344 g/mol. The first kappa shape index (κ1) is 18.2. The average molecular weight is 367 g/mol. The zero-order valence-corrected chi connectivity index (χ0v) is 14.8. The Hall–Kier alpha value is -1.63. The molecule has 25 heavy (non-hydrogen) atoms. The largest absolute Gasteiger partial charge is 0.393 e. The van der Waals surface area contributed by atoms with Gasteiger partial charge in [0.25, 0.3) is 0 Å². The molecular formula is C18H23ClN2O4. The monoisotopic (exact) mass is 366 g/mol. The Bertz CT molecular complexity index is 635. The van der Waals surface area contributed by atoms with Gasteiger partial charge in [-0.05, 0) is 30.5 Å². The molecule has 2 aliphatic rings. The molecule has 0 aromatic heterocycles. The lowest BCUT2D eigenvalue weighted by molar-refractivity contribution is -0.158. The summed E-state index contributed by atoms with van der Waals surface area (Å²) in [6.45, 7) is 1.57. The maximum atomic E-state index is 12.2. The van der Waals surface area contributed by atoms with Gasteiger partial charge in [-0.3, -0.25) is 9.59 Å². The molecule has 2 heterocycles. The van der Waals surface area contributed by atoms with E-state index in [0.717, 1.165) is 5.56 Å². The van der Waals surface area contributed by atoms with Gasteiger partial charge in [-0.25, -0.2) is 0 Å². The highest BCUT2D eigenvalue weighted by Crippen LogP contribution is 2.33. The van der Waals surface area contributed by atoms with E-state index in [2.05, 4.69) is 0 Å². The molecule has 2 saturated heterocycles. The predicted octanol–water partition coefficient (Wildman–Crippen LogP) is 1.13. The van der Waals surface area contributed by atoms with Crippen molar-refractivity contribution in [3.8, 4) is 0 Å². The molecule has 2 fully saturated rings. The van der Waals surface area contributed by atoms with E-state index in [0.29, 0.717) is 31.0 Å². The van der Waals surface area contributed by atoms with Crippen LogP contribution in [0.15, 0.2) is 24.3 Å². The number of aliphatic hydroxyl groups is 2. The maximum absolute atomic E-state index is 12.2. The van der Waals surface area contributed by atoms with Crippen LogP contribution in [0.25, 0.3) is 0 Å². The average Bonchev–Trinajstić information content (AvgIpc) is 2.58. The molecule has 0 aliphatic carbocycles. The van der Waals surface area contributed by atoms with Gasteiger partial charge in [0.2, 0.25) is 11.8 Å². The van der Waals surface area contributed by atoms with Crippen molar-refractivity contribution >= 4 is 23.4 Å². The number of amides is 2. The molecule has 0 spiro atoms. The minimum atomic E-state index is -1.03. The fraction of sp³-hybridized carbons (Fsp3) is 0.556. The highest BCUT2D eigenvalue weighted by atomic mass is 35.5. The molecule has 0 radical (unpaired) electrons. The third-order valence-electron chi connectivity index (χ3n) is 5.01. The van der Waals surface area contributed by atoms with Gasteiger partial charge in [0.05, 0.1) is 19.2 Å². The Balaban J connectivity index is 1.44. The second kappa shape index (κ2) is 7.32. The first-order valence-corrected chi connectivity index (χ1v) is 8.97. The van der Waals surface area contributed by atoms with Crippen molar-refractivity contribution in [1.29, 1.82) is 0 Å². The number of nitrogens with zero attached hydrogens (tertiary/aromatic N) is 2. The Morgan fingerprint density at radius 2 is 1.56 bits per heavy atom. The molecule has 2 N–H and O–H groups in total. The fourth-order valence-electron chi connectivity index (χ4n) is 3.35. The Kier molecular flexibility index (Phi) is 5.32. The van der Waals surface area contributed by atoms with E-state index in [1.54, 1.807) is 34.1 Å². The fourth-order valence-corrected chi connectivity index (χ4v) is 3.48. The van der Waals surface area contributed by atoms with Crippen LogP contribution in [0.4, 0.5) is 0 Å². The van der Waals surface area contributed by atoms with Crippen molar-refractivity contribution in [3.05, 3.63) is 34.9 Å². The third-order valence-corrected chi connectivity index (χ3v) is 5.26. The number of benzene rings is 1. The van der Waals surface area contributed by atoms with E-state index < -0.39 is 5.60 Å². The van der Waals surface area contributed by atoms with E-state index >= 15 is 0 Å². The number of β-amino-alcohol motifs (C(OH)–C–C–N with tert-alkyl or cyclic N) is 1. The molecule has 136 valence electrons. The van der Waals surface area contributed by atoms with Crippen molar-refractivity contribution in [3.63, 3.8) is 0 Å². The van der Waals surface area contributed by atoms with E-state index in [1.165, 1.54) is 0 Å². The van der Waals surface area contributed by atoms with Crippen LogP contribution in [0.2, 0.25) is 5.02 Å². The lowest BCUT2D eigenvalue weighted by Gasteiger charge is -2.46. The van der Waals surface area contributed by atoms with Crippen molar-refractivity contribution in [2.45, 2.75) is 37.4 Å². The van der Waals surface area contributed by atoms with Crippen LogP contribution < -0.4 is 0 Å². The van der Waals surface area contributed by atoms with Crippen LogP contribution in [0.3, 0.4) is 0 Å². The summed E-state index contributed by atoms with van der Waals surface area (Å²) in [5.74, 6) is -0.169. The number of hydrogen-bond acceptors (Lipinski definition) is 4. The van der Waals surface area contributed by atoms with E-state index in [-0.39, 0.29) is 43.8 Å². The number of rotatable bonds is 4. The Morgan fingerprint density at radius 3 is 2.12 bits per heavy atom. The highest BCUT2D eigenvalue weighted by molar-refractivity contribution is 6.30. The molecule has 2 amide bonds. The van der Waals surface area contributed by atoms with Gasteiger partial charge in [0.15, 0.2) is 0 Å². The molecule has 2 aliphatic heterocycles. The predicted molar refractivity (Wildman–Crippen MR) is 93.0 cm³/mol. The van der Waals surface area contributed by atoms with Crippen molar-refractivity contribution in [2.24, 2.45) is 0 Å². The summed E-state index contributed by atoms with van der Waals surface area (Å²) >= 11 is 5.85. The zero-order chi connectivity index (χ0) is 18.0. The third kappa shape index (κ3) is 4.14. The number of aliphatic hydroxyl groups excluding tert-OH is 1. The summed E-state index contributed by atoms with van der Waals surface area (Å²) < 4.78 is 0. The molecule has 0 unspecified atom stereocenters. The van der Waals surface area contributed by atoms with Crippen LogP contribution in [0.5, 0.6) is 0 Å². The SMILES string of the molecule is O=C(CCC(=O)N1CC(O)(c2ccc(Cl)cc2)C1)N1CCC(O)CC1. The normalized spacial score (nSPS) is 20.3. The second-order valence-electron chi connectivity index (χ2n) is 6.90. The van der Waals surface area contributed by atoms with Crippen LogP contribution >= 0.6 is 11.6 Å². The zero-order valence-electron chi connectivity index (χ0n) is 14.0. The van der Waals surface area contributed by atoms with Gasteiger partial charge in [-0.1, -0.05) is 23.7 Å². The highest BCUT2D eigenvalue weighted by Gasteiger charge is 2.44. The topological polar surface area (TPSA) is 81.1 Å². The van der Waals surface area contributed by atoms with Crippen molar-refractivity contribution < 1.29 is 19.8 Å². The molecule has 1 aromatic carbocycles.